The molecule has 1 aromatic carbocycles. The molecule has 0 spiro atoms. The number of nitrogens with one attached hydrogen (secondary N) is 1. The second-order valence-electron chi connectivity index (χ2n) is 3.88. The Morgan fingerprint density at radius 2 is 1.95 bits per heavy atom. The van der Waals surface area contributed by atoms with Gasteiger partial charge in [-0.1, -0.05) is 0 Å². The topological polar surface area (TPSA) is 96.4 Å². The molecule has 0 bridgehead atoms. The molecule has 2 N–H and O–H groups in total. The molecule has 21 heavy (non-hydrogen) atoms. The van der Waals surface area contributed by atoms with Gasteiger partial charge in [-0.05, 0) is 30.3 Å². The van der Waals surface area contributed by atoms with Gasteiger partial charge in [0, 0.05) is 6.20 Å². The number of pyridine rings is 1. The Hall–Kier alpha value is -2.55. The number of carboxylic acids is 1. The molecule has 0 fully saturated rings. The summed E-state index contributed by atoms with van der Waals surface area (Å²) in [5.41, 5.74) is -0.911. The normalized spacial score (nSPS) is 11.1. The van der Waals surface area contributed by atoms with E-state index in [4.69, 9.17) is 5.11 Å². The zero-order valence-corrected chi connectivity index (χ0v) is 11.1. The Bertz CT molecular complexity index is 809. The van der Waals surface area contributed by atoms with Crippen molar-refractivity contribution in [1.29, 1.82) is 0 Å². The molecule has 0 aliphatic carbocycles. The number of sulfonamides is 1. The number of nitrogens with zero attached hydrogens (tertiary/aromatic N) is 1. The first-order valence-electron chi connectivity index (χ1n) is 5.47. The number of carbonyl (C=O) groups is 1. The summed E-state index contributed by atoms with van der Waals surface area (Å²) in [6.07, 6.45) is 1.16. The Balaban J connectivity index is 2.48. The van der Waals surface area contributed by atoms with E-state index in [2.05, 4.69) is 4.98 Å². The number of halogens is 2. The van der Waals surface area contributed by atoms with E-state index in [-0.39, 0.29) is 5.69 Å². The highest BCUT2D eigenvalue weighted by Gasteiger charge is 2.23. The van der Waals surface area contributed by atoms with Gasteiger partial charge in [0.05, 0.1) is 5.69 Å². The van der Waals surface area contributed by atoms with Crippen molar-refractivity contribution in [2.75, 3.05) is 4.72 Å². The van der Waals surface area contributed by atoms with Crippen LogP contribution >= 0.6 is 0 Å². The first-order valence-corrected chi connectivity index (χ1v) is 6.96. The summed E-state index contributed by atoms with van der Waals surface area (Å²) in [5, 5.41) is 8.90. The number of hydrogen-bond acceptors (Lipinski definition) is 4. The summed E-state index contributed by atoms with van der Waals surface area (Å²) in [6.45, 7) is 0. The lowest BCUT2D eigenvalue weighted by atomic mass is 10.3. The number of aromatic nitrogens is 1. The number of carboxylic acid groups (broad SMARTS) is 1. The molecule has 0 amide bonds. The first kappa shape index (κ1) is 14.9. The molecule has 0 aliphatic heterocycles. The SMILES string of the molecule is O=C(O)c1ncccc1NS(=O)(=O)c1cc(F)ccc1F. The van der Waals surface area contributed by atoms with E-state index in [1.807, 2.05) is 4.72 Å². The minimum Gasteiger partial charge on any atom is -0.476 e. The van der Waals surface area contributed by atoms with Gasteiger partial charge < -0.3 is 5.11 Å². The van der Waals surface area contributed by atoms with Crippen LogP contribution in [-0.4, -0.2) is 24.5 Å². The Kier molecular flexibility index (Phi) is 3.85. The molecule has 0 saturated heterocycles. The molecule has 0 radical (unpaired) electrons. The van der Waals surface area contributed by atoms with Gasteiger partial charge in [-0.2, -0.15) is 0 Å². The van der Waals surface area contributed by atoms with Crippen LogP contribution in [0.25, 0.3) is 0 Å². The average Bonchev–Trinajstić information content (AvgIpc) is 2.41. The molecular weight excluding hydrogens is 306 g/mol. The van der Waals surface area contributed by atoms with Crippen LogP contribution in [0.15, 0.2) is 41.4 Å². The van der Waals surface area contributed by atoms with E-state index in [1.54, 1.807) is 0 Å². The Labute approximate surface area is 118 Å². The van der Waals surface area contributed by atoms with Crippen LogP contribution in [0, 0.1) is 11.6 Å². The maximum absolute atomic E-state index is 13.5. The number of anilines is 1. The minimum absolute atomic E-state index is 0.353. The fourth-order valence-electron chi connectivity index (χ4n) is 1.54. The second-order valence-corrected chi connectivity index (χ2v) is 5.54. The van der Waals surface area contributed by atoms with Gasteiger partial charge in [-0.25, -0.2) is 27.0 Å². The van der Waals surface area contributed by atoms with E-state index >= 15 is 0 Å². The third-order valence-electron chi connectivity index (χ3n) is 2.44. The van der Waals surface area contributed by atoms with Crippen LogP contribution in [0.2, 0.25) is 0 Å². The minimum atomic E-state index is -4.49. The van der Waals surface area contributed by atoms with E-state index < -0.39 is 38.2 Å². The van der Waals surface area contributed by atoms with Crippen molar-refractivity contribution in [1.82, 2.24) is 4.98 Å². The fourth-order valence-corrected chi connectivity index (χ4v) is 2.70. The molecule has 0 aliphatic rings. The summed E-state index contributed by atoms with van der Waals surface area (Å²) < 4.78 is 52.5. The molecule has 6 nitrogen and oxygen atoms in total. The van der Waals surface area contributed by atoms with Crippen LogP contribution in [0.4, 0.5) is 14.5 Å². The number of aromatic carboxylic acids is 1. The summed E-state index contributed by atoms with van der Waals surface area (Å²) in [6, 6.07) is 4.36. The first-order chi connectivity index (χ1) is 9.81. The van der Waals surface area contributed by atoms with Crippen molar-refractivity contribution in [3.8, 4) is 0 Å². The highest BCUT2D eigenvalue weighted by molar-refractivity contribution is 7.92. The van der Waals surface area contributed by atoms with Crippen LogP contribution in [-0.2, 0) is 10.0 Å². The van der Waals surface area contributed by atoms with Crippen molar-refractivity contribution in [3.05, 3.63) is 53.9 Å². The summed E-state index contributed by atoms with van der Waals surface area (Å²) in [4.78, 5) is 13.5. The van der Waals surface area contributed by atoms with Crippen LogP contribution in [0.5, 0.6) is 0 Å². The van der Waals surface area contributed by atoms with Crippen molar-refractivity contribution >= 4 is 21.7 Å². The summed E-state index contributed by atoms with van der Waals surface area (Å²) >= 11 is 0. The van der Waals surface area contributed by atoms with Crippen molar-refractivity contribution in [2.24, 2.45) is 0 Å². The highest BCUT2D eigenvalue weighted by atomic mass is 32.2. The molecule has 1 heterocycles. The molecule has 2 rings (SSSR count). The van der Waals surface area contributed by atoms with E-state index in [9.17, 15) is 22.0 Å². The predicted octanol–water partition coefficient (Wildman–Crippen LogP) is 1.86. The van der Waals surface area contributed by atoms with Gasteiger partial charge in [0.1, 0.15) is 16.5 Å². The third kappa shape index (κ3) is 3.14. The van der Waals surface area contributed by atoms with Gasteiger partial charge in [0.25, 0.3) is 10.0 Å². The van der Waals surface area contributed by atoms with Crippen molar-refractivity contribution < 1.29 is 27.1 Å². The standard InChI is InChI=1S/C12H8F2N2O4S/c13-7-3-4-8(14)10(6-7)21(19,20)16-9-2-1-5-15-11(9)12(17)18/h1-6,16H,(H,17,18). The molecule has 110 valence electrons. The van der Waals surface area contributed by atoms with Gasteiger partial charge in [-0.3, -0.25) is 4.72 Å². The van der Waals surface area contributed by atoms with Gasteiger partial charge in [0.15, 0.2) is 5.69 Å². The Morgan fingerprint density at radius 1 is 1.24 bits per heavy atom. The molecule has 2 aromatic rings. The van der Waals surface area contributed by atoms with Crippen LogP contribution in [0.3, 0.4) is 0 Å². The molecule has 0 saturated carbocycles. The average molecular weight is 314 g/mol. The molecule has 9 heteroatoms. The third-order valence-corrected chi connectivity index (χ3v) is 3.82. The maximum Gasteiger partial charge on any atom is 0.356 e. The highest BCUT2D eigenvalue weighted by Crippen LogP contribution is 2.21. The quantitative estimate of drug-likeness (QED) is 0.898. The smallest absolute Gasteiger partial charge is 0.356 e. The predicted molar refractivity (Wildman–Crippen MR) is 68.4 cm³/mol. The lowest BCUT2D eigenvalue weighted by Crippen LogP contribution is -2.17. The van der Waals surface area contributed by atoms with Crippen LogP contribution < -0.4 is 4.72 Å². The lowest BCUT2D eigenvalue weighted by Gasteiger charge is -2.10. The van der Waals surface area contributed by atoms with Gasteiger partial charge in [0.2, 0.25) is 0 Å². The summed E-state index contributed by atoms with van der Waals surface area (Å²) in [7, 11) is -4.49. The van der Waals surface area contributed by atoms with E-state index in [1.165, 1.54) is 6.07 Å². The molecule has 0 unspecified atom stereocenters. The number of rotatable bonds is 4. The second kappa shape index (κ2) is 5.44. The zero-order chi connectivity index (χ0) is 15.6. The van der Waals surface area contributed by atoms with E-state index in [0.717, 1.165) is 18.3 Å². The molecule has 1 aromatic heterocycles. The zero-order valence-electron chi connectivity index (χ0n) is 10.2. The van der Waals surface area contributed by atoms with Gasteiger partial charge in [-0.15, -0.1) is 0 Å². The monoisotopic (exact) mass is 314 g/mol. The fraction of sp³-hybridized carbons (Fsp3) is 0. The number of benzene rings is 1. The molecule has 0 atom stereocenters. The van der Waals surface area contributed by atoms with Crippen LogP contribution in [0.1, 0.15) is 10.5 Å². The maximum atomic E-state index is 13.5. The molecular formula is C12H8F2N2O4S. The van der Waals surface area contributed by atoms with Crippen molar-refractivity contribution in [3.63, 3.8) is 0 Å². The Morgan fingerprint density at radius 3 is 2.62 bits per heavy atom. The van der Waals surface area contributed by atoms with Gasteiger partial charge >= 0.3 is 5.97 Å². The largest absolute Gasteiger partial charge is 0.476 e. The lowest BCUT2D eigenvalue weighted by molar-refractivity contribution is 0.0692. The number of hydrogen-bond donors (Lipinski definition) is 2. The van der Waals surface area contributed by atoms with E-state index in [0.29, 0.717) is 12.1 Å². The van der Waals surface area contributed by atoms with Crippen molar-refractivity contribution in [2.45, 2.75) is 4.90 Å². The summed E-state index contributed by atoms with van der Waals surface area (Å²) in [5.74, 6) is -3.57.